The molecule has 1 N–H and O–H groups in total. The van der Waals surface area contributed by atoms with E-state index in [1.807, 2.05) is 0 Å². The van der Waals surface area contributed by atoms with Gasteiger partial charge >= 0.3 is 0 Å². The molecule has 0 heterocycles. The summed E-state index contributed by atoms with van der Waals surface area (Å²) in [5, 5.41) is 2.87. The van der Waals surface area contributed by atoms with Gasteiger partial charge in [0, 0.05) is 11.3 Å². The van der Waals surface area contributed by atoms with Gasteiger partial charge in [0.1, 0.15) is 5.75 Å². The maximum atomic E-state index is 12.7. The van der Waals surface area contributed by atoms with E-state index in [2.05, 4.69) is 11.9 Å². The summed E-state index contributed by atoms with van der Waals surface area (Å²) in [5.74, 6) is 1.59. The lowest BCUT2D eigenvalue weighted by molar-refractivity contribution is 0.102. The third kappa shape index (κ3) is 3.87. The van der Waals surface area contributed by atoms with Crippen LogP contribution in [0.4, 0.5) is 5.69 Å². The first-order valence-corrected chi connectivity index (χ1v) is 7.44. The molecule has 0 aliphatic heterocycles. The lowest BCUT2D eigenvalue weighted by Crippen LogP contribution is -2.14. The van der Waals surface area contributed by atoms with Gasteiger partial charge in [0.2, 0.25) is 0 Å². The number of nitrogens with one attached hydrogen (secondary N) is 1. The third-order valence-corrected chi connectivity index (χ3v) is 3.57. The lowest BCUT2D eigenvalue weighted by atomic mass is 10.0. The van der Waals surface area contributed by atoms with Gasteiger partial charge < -0.3 is 19.5 Å². The minimum absolute atomic E-state index is 0.224. The van der Waals surface area contributed by atoms with Crippen LogP contribution in [0.1, 0.15) is 15.9 Å². The minimum Gasteiger partial charge on any atom is -0.497 e. The molecule has 0 saturated heterocycles. The van der Waals surface area contributed by atoms with E-state index in [1.54, 1.807) is 56.7 Å². The molecule has 1 amide bonds. The highest BCUT2D eigenvalue weighted by atomic mass is 16.5. The van der Waals surface area contributed by atoms with Crippen LogP contribution in [0.15, 0.2) is 49.1 Å². The SMILES string of the molecule is C=CCc1cc(OC)c(OC)cc1C(=O)Nc1ccc(OC)cc1. The summed E-state index contributed by atoms with van der Waals surface area (Å²) in [6.45, 7) is 3.74. The van der Waals surface area contributed by atoms with Crippen molar-refractivity contribution in [3.63, 3.8) is 0 Å². The van der Waals surface area contributed by atoms with Crippen molar-refractivity contribution < 1.29 is 19.0 Å². The van der Waals surface area contributed by atoms with E-state index < -0.39 is 0 Å². The summed E-state index contributed by atoms with van der Waals surface area (Å²) in [5.41, 5.74) is 2.01. The van der Waals surface area contributed by atoms with E-state index >= 15 is 0 Å². The first-order valence-electron chi connectivity index (χ1n) is 7.44. The van der Waals surface area contributed by atoms with Gasteiger partial charge in [-0.15, -0.1) is 6.58 Å². The molecule has 0 saturated carbocycles. The summed E-state index contributed by atoms with van der Waals surface area (Å²) in [6, 6.07) is 10.6. The predicted molar refractivity (Wildman–Crippen MR) is 94.4 cm³/mol. The van der Waals surface area contributed by atoms with Crippen LogP contribution in [0, 0.1) is 0 Å². The molecule has 0 spiro atoms. The highest BCUT2D eigenvalue weighted by Crippen LogP contribution is 2.31. The van der Waals surface area contributed by atoms with E-state index in [1.165, 1.54) is 7.11 Å². The second kappa shape index (κ2) is 8.06. The van der Waals surface area contributed by atoms with Gasteiger partial charge in [0.15, 0.2) is 11.5 Å². The molecule has 5 heteroatoms. The molecule has 0 aliphatic carbocycles. The zero-order valence-electron chi connectivity index (χ0n) is 14.1. The number of carbonyl (C=O) groups excluding carboxylic acids is 1. The van der Waals surface area contributed by atoms with Gasteiger partial charge in [0.05, 0.1) is 21.3 Å². The van der Waals surface area contributed by atoms with Gasteiger partial charge in [-0.1, -0.05) is 6.08 Å². The highest BCUT2D eigenvalue weighted by molar-refractivity contribution is 6.05. The number of allylic oxidation sites excluding steroid dienone is 1. The van der Waals surface area contributed by atoms with Crippen molar-refractivity contribution in [2.45, 2.75) is 6.42 Å². The number of hydrogen-bond donors (Lipinski definition) is 1. The molecule has 126 valence electrons. The van der Waals surface area contributed by atoms with E-state index in [4.69, 9.17) is 14.2 Å². The number of rotatable bonds is 7. The fraction of sp³-hybridized carbons (Fsp3) is 0.211. The Balaban J connectivity index is 2.33. The van der Waals surface area contributed by atoms with Crippen LogP contribution >= 0.6 is 0 Å². The van der Waals surface area contributed by atoms with Crippen LogP contribution in [-0.4, -0.2) is 27.2 Å². The minimum atomic E-state index is -0.224. The maximum Gasteiger partial charge on any atom is 0.256 e. The summed E-state index contributed by atoms with van der Waals surface area (Å²) in [4.78, 5) is 12.7. The van der Waals surface area contributed by atoms with Crippen LogP contribution in [0.3, 0.4) is 0 Å². The Morgan fingerprint density at radius 2 is 1.67 bits per heavy atom. The Hall–Kier alpha value is -2.95. The van der Waals surface area contributed by atoms with Crippen molar-refractivity contribution in [1.82, 2.24) is 0 Å². The molecular formula is C19H21NO4. The number of amides is 1. The molecule has 0 radical (unpaired) electrons. The Morgan fingerprint density at radius 3 is 2.21 bits per heavy atom. The second-order valence-electron chi connectivity index (χ2n) is 5.04. The Kier molecular flexibility index (Phi) is 5.84. The Bertz CT molecular complexity index is 723. The van der Waals surface area contributed by atoms with Gasteiger partial charge in [-0.05, 0) is 48.4 Å². The Morgan fingerprint density at radius 1 is 1.04 bits per heavy atom. The van der Waals surface area contributed by atoms with Crippen molar-refractivity contribution in [3.8, 4) is 17.2 Å². The molecule has 0 unspecified atom stereocenters. The van der Waals surface area contributed by atoms with Gasteiger partial charge in [-0.3, -0.25) is 4.79 Å². The van der Waals surface area contributed by atoms with Crippen LogP contribution in [0.2, 0.25) is 0 Å². The van der Waals surface area contributed by atoms with Crippen molar-refractivity contribution >= 4 is 11.6 Å². The van der Waals surface area contributed by atoms with Crippen molar-refractivity contribution in [1.29, 1.82) is 0 Å². The van der Waals surface area contributed by atoms with E-state index in [9.17, 15) is 4.79 Å². The fourth-order valence-corrected chi connectivity index (χ4v) is 2.33. The zero-order valence-corrected chi connectivity index (χ0v) is 14.1. The van der Waals surface area contributed by atoms with Gasteiger partial charge in [-0.25, -0.2) is 0 Å². The van der Waals surface area contributed by atoms with Crippen LogP contribution in [0.5, 0.6) is 17.2 Å². The molecule has 0 bridgehead atoms. The smallest absolute Gasteiger partial charge is 0.256 e. The lowest BCUT2D eigenvalue weighted by Gasteiger charge is -2.14. The quantitative estimate of drug-likeness (QED) is 0.788. The number of carbonyl (C=O) groups is 1. The summed E-state index contributed by atoms with van der Waals surface area (Å²) >= 11 is 0. The Labute approximate surface area is 141 Å². The molecule has 0 aliphatic rings. The standard InChI is InChI=1S/C19H21NO4/c1-5-6-13-11-17(23-3)18(24-4)12-16(13)19(21)20-14-7-9-15(22-2)10-8-14/h5,7-12H,1,6H2,2-4H3,(H,20,21). The van der Waals surface area contributed by atoms with Crippen molar-refractivity contribution in [2.75, 3.05) is 26.6 Å². The van der Waals surface area contributed by atoms with E-state index in [0.29, 0.717) is 29.2 Å². The molecule has 2 rings (SSSR count). The summed E-state index contributed by atoms with van der Waals surface area (Å²) in [6.07, 6.45) is 2.29. The number of hydrogen-bond acceptors (Lipinski definition) is 4. The largest absolute Gasteiger partial charge is 0.497 e. The van der Waals surface area contributed by atoms with Gasteiger partial charge in [0.25, 0.3) is 5.91 Å². The number of methoxy groups -OCH3 is 3. The maximum absolute atomic E-state index is 12.7. The molecular weight excluding hydrogens is 306 g/mol. The summed E-state index contributed by atoms with van der Waals surface area (Å²) in [7, 11) is 4.70. The zero-order chi connectivity index (χ0) is 17.5. The normalized spacial score (nSPS) is 9.96. The van der Waals surface area contributed by atoms with Gasteiger partial charge in [-0.2, -0.15) is 0 Å². The molecule has 24 heavy (non-hydrogen) atoms. The van der Waals surface area contributed by atoms with E-state index in [-0.39, 0.29) is 5.91 Å². The molecule has 0 fully saturated rings. The van der Waals surface area contributed by atoms with Crippen molar-refractivity contribution in [3.05, 3.63) is 60.2 Å². The number of ether oxygens (including phenoxy) is 3. The predicted octanol–water partition coefficient (Wildman–Crippen LogP) is 3.69. The molecule has 2 aromatic carbocycles. The molecule has 2 aromatic rings. The molecule has 0 atom stereocenters. The first-order chi connectivity index (χ1) is 11.6. The van der Waals surface area contributed by atoms with Crippen LogP contribution in [0.25, 0.3) is 0 Å². The summed E-state index contributed by atoms with van der Waals surface area (Å²) < 4.78 is 15.7. The fourth-order valence-electron chi connectivity index (χ4n) is 2.33. The number of anilines is 1. The first kappa shape index (κ1) is 17.4. The molecule has 5 nitrogen and oxygen atoms in total. The van der Waals surface area contributed by atoms with Crippen LogP contribution < -0.4 is 19.5 Å². The average molecular weight is 327 g/mol. The topological polar surface area (TPSA) is 56.8 Å². The second-order valence-corrected chi connectivity index (χ2v) is 5.04. The van der Waals surface area contributed by atoms with Crippen LogP contribution in [-0.2, 0) is 6.42 Å². The monoisotopic (exact) mass is 327 g/mol. The third-order valence-electron chi connectivity index (χ3n) is 3.57. The average Bonchev–Trinajstić information content (AvgIpc) is 2.62. The van der Waals surface area contributed by atoms with E-state index in [0.717, 1.165) is 11.3 Å². The highest BCUT2D eigenvalue weighted by Gasteiger charge is 2.16. The molecule has 0 aromatic heterocycles. The number of benzene rings is 2. The van der Waals surface area contributed by atoms with Crippen molar-refractivity contribution in [2.24, 2.45) is 0 Å².